The van der Waals surface area contributed by atoms with Gasteiger partial charge >= 0.3 is 0 Å². The Balaban J connectivity index is 1.60. The maximum atomic E-state index is 4.63. The summed E-state index contributed by atoms with van der Waals surface area (Å²) >= 11 is 0. The number of fused-ring (bicyclic) bond motifs is 3. The van der Waals surface area contributed by atoms with Crippen molar-refractivity contribution in [2.45, 2.75) is 69.5 Å². The van der Waals surface area contributed by atoms with E-state index < -0.39 is 0 Å². The summed E-state index contributed by atoms with van der Waals surface area (Å²) < 4.78 is 0. The van der Waals surface area contributed by atoms with Gasteiger partial charge in [-0.25, -0.2) is 9.97 Å². The number of nitrogens with zero attached hydrogens (tertiary/aromatic N) is 3. The van der Waals surface area contributed by atoms with Crippen LogP contribution in [0.2, 0.25) is 0 Å². The second kappa shape index (κ2) is 4.99. The molecule has 0 amide bonds. The zero-order valence-corrected chi connectivity index (χ0v) is 12.3. The Morgan fingerprint density at radius 2 is 1.85 bits per heavy atom. The van der Waals surface area contributed by atoms with E-state index in [0.29, 0.717) is 6.04 Å². The maximum absolute atomic E-state index is 4.63. The van der Waals surface area contributed by atoms with Gasteiger partial charge in [0.1, 0.15) is 12.1 Å². The molecule has 20 heavy (non-hydrogen) atoms. The van der Waals surface area contributed by atoms with Crippen LogP contribution in [0.1, 0.15) is 49.8 Å². The molecular weight excluding hydrogens is 248 g/mol. The fourth-order valence-electron chi connectivity index (χ4n) is 4.32. The third-order valence-electron chi connectivity index (χ3n) is 5.43. The molecule has 108 valence electrons. The molecule has 0 aromatic carbocycles. The van der Waals surface area contributed by atoms with Gasteiger partial charge in [-0.15, -0.1) is 0 Å². The molecule has 2 unspecified atom stereocenters. The largest absolute Gasteiger partial charge is 0.356 e. The summed E-state index contributed by atoms with van der Waals surface area (Å²) in [7, 11) is 2.24. The fraction of sp³-hybridized carbons (Fsp3) is 0.750. The first-order valence-corrected chi connectivity index (χ1v) is 8.13. The van der Waals surface area contributed by atoms with Crippen LogP contribution in [0.5, 0.6) is 0 Å². The predicted molar refractivity (Wildman–Crippen MR) is 80.0 cm³/mol. The van der Waals surface area contributed by atoms with Gasteiger partial charge in [-0.3, -0.25) is 0 Å². The predicted octanol–water partition coefficient (Wildman–Crippen LogP) is 2.07. The number of aromatic nitrogens is 2. The van der Waals surface area contributed by atoms with Gasteiger partial charge in [0.05, 0.1) is 0 Å². The average Bonchev–Trinajstić information content (AvgIpc) is 2.84. The van der Waals surface area contributed by atoms with Crippen molar-refractivity contribution >= 4 is 5.82 Å². The van der Waals surface area contributed by atoms with Crippen molar-refractivity contribution < 1.29 is 0 Å². The van der Waals surface area contributed by atoms with Crippen LogP contribution in [0.25, 0.3) is 0 Å². The molecule has 2 fully saturated rings. The summed E-state index contributed by atoms with van der Waals surface area (Å²) in [5.74, 6) is 1.21. The van der Waals surface area contributed by atoms with Crippen molar-refractivity contribution in [2.24, 2.45) is 0 Å². The first-order valence-electron chi connectivity index (χ1n) is 8.13. The van der Waals surface area contributed by atoms with Crippen LogP contribution in [0, 0.1) is 0 Å². The molecule has 1 aromatic heterocycles. The molecule has 4 rings (SSSR count). The smallest absolute Gasteiger partial charge is 0.135 e. The second-order valence-corrected chi connectivity index (χ2v) is 6.70. The van der Waals surface area contributed by atoms with Gasteiger partial charge in [0.15, 0.2) is 0 Å². The average molecular weight is 272 g/mol. The van der Waals surface area contributed by atoms with Crippen LogP contribution >= 0.6 is 0 Å². The van der Waals surface area contributed by atoms with Crippen molar-refractivity contribution in [3.05, 3.63) is 17.6 Å². The molecule has 2 saturated heterocycles. The summed E-state index contributed by atoms with van der Waals surface area (Å²) in [5, 5.41) is 3.73. The Hall–Kier alpha value is -1.16. The van der Waals surface area contributed by atoms with Crippen LogP contribution < -0.4 is 10.2 Å². The number of anilines is 1. The highest BCUT2D eigenvalue weighted by Gasteiger charge is 2.36. The SMILES string of the molecule is CN(c1ncnc2c1CCCC2)C1CC2CCC(C1)N2. The maximum Gasteiger partial charge on any atom is 0.135 e. The van der Waals surface area contributed by atoms with Gasteiger partial charge in [0.2, 0.25) is 0 Å². The summed E-state index contributed by atoms with van der Waals surface area (Å²) in [4.78, 5) is 11.6. The molecule has 1 aliphatic carbocycles. The third-order valence-corrected chi connectivity index (χ3v) is 5.43. The van der Waals surface area contributed by atoms with Gasteiger partial charge in [-0.05, 0) is 51.4 Å². The highest BCUT2D eigenvalue weighted by atomic mass is 15.2. The minimum Gasteiger partial charge on any atom is -0.356 e. The summed E-state index contributed by atoms with van der Waals surface area (Å²) in [5.41, 5.74) is 2.72. The molecule has 4 nitrogen and oxygen atoms in total. The van der Waals surface area contributed by atoms with E-state index in [9.17, 15) is 0 Å². The van der Waals surface area contributed by atoms with E-state index in [2.05, 4.69) is 27.2 Å². The summed E-state index contributed by atoms with van der Waals surface area (Å²) in [6, 6.07) is 2.12. The van der Waals surface area contributed by atoms with Crippen molar-refractivity contribution in [1.82, 2.24) is 15.3 Å². The topological polar surface area (TPSA) is 41.1 Å². The molecule has 1 N–H and O–H groups in total. The Labute approximate surface area is 121 Å². The lowest BCUT2D eigenvalue weighted by atomic mass is 9.94. The van der Waals surface area contributed by atoms with E-state index in [1.165, 1.54) is 55.6 Å². The molecular formula is C16H24N4. The Kier molecular flexibility index (Phi) is 3.14. The van der Waals surface area contributed by atoms with Gasteiger partial charge < -0.3 is 10.2 Å². The molecule has 4 heteroatoms. The van der Waals surface area contributed by atoms with Crippen molar-refractivity contribution in [1.29, 1.82) is 0 Å². The zero-order valence-electron chi connectivity index (χ0n) is 12.3. The number of piperidine rings is 1. The Bertz CT molecular complexity index is 489. The van der Waals surface area contributed by atoms with Crippen LogP contribution in [-0.4, -0.2) is 35.1 Å². The van der Waals surface area contributed by atoms with Gasteiger partial charge in [-0.1, -0.05) is 0 Å². The van der Waals surface area contributed by atoms with E-state index in [4.69, 9.17) is 0 Å². The molecule has 0 radical (unpaired) electrons. The monoisotopic (exact) mass is 272 g/mol. The standard InChI is InChI=1S/C16H24N4/c1-20(13-8-11-6-7-12(9-13)19-11)16-14-4-2-3-5-15(14)17-10-18-16/h10-13,19H,2-9H2,1H3. The first-order chi connectivity index (χ1) is 9.81. The Morgan fingerprint density at radius 3 is 2.65 bits per heavy atom. The van der Waals surface area contributed by atoms with Gasteiger partial charge in [0, 0.05) is 36.4 Å². The van der Waals surface area contributed by atoms with Gasteiger partial charge in [0.25, 0.3) is 0 Å². The van der Waals surface area contributed by atoms with E-state index in [1.807, 2.05) is 0 Å². The number of aryl methyl sites for hydroxylation is 1. The summed E-state index contributed by atoms with van der Waals surface area (Å²) in [6.07, 6.45) is 11.9. The highest BCUT2D eigenvalue weighted by molar-refractivity contribution is 5.50. The molecule has 0 saturated carbocycles. The minimum atomic E-state index is 0.648. The molecule has 3 heterocycles. The zero-order chi connectivity index (χ0) is 13.5. The van der Waals surface area contributed by atoms with Crippen LogP contribution in [0.15, 0.2) is 6.33 Å². The third kappa shape index (κ3) is 2.10. The highest BCUT2D eigenvalue weighted by Crippen LogP contribution is 2.33. The number of hydrogen-bond donors (Lipinski definition) is 1. The van der Waals surface area contributed by atoms with E-state index in [0.717, 1.165) is 24.9 Å². The molecule has 2 aliphatic heterocycles. The lowest BCUT2D eigenvalue weighted by molar-refractivity contribution is 0.353. The van der Waals surface area contributed by atoms with Crippen molar-refractivity contribution in [3.63, 3.8) is 0 Å². The first kappa shape index (κ1) is 12.6. The number of hydrogen-bond acceptors (Lipinski definition) is 4. The van der Waals surface area contributed by atoms with E-state index >= 15 is 0 Å². The lowest BCUT2D eigenvalue weighted by Crippen LogP contribution is -2.47. The quantitative estimate of drug-likeness (QED) is 0.895. The van der Waals surface area contributed by atoms with Crippen LogP contribution in [0.4, 0.5) is 5.82 Å². The Morgan fingerprint density at radius 1 is 1.10 bits per heavy atom. The van der Waals surface area contributed by atoms with Crippen molar-refractivity contribution in [3.8, 4) is 0 Å². The minimum absolute atomic E-state index is 0.648. The van der Waals surface area contributed by atoms with E-state index in [-0.39, 0.29) is 0 Å². The molecule has 2 atom stereocenters. The van der Waals surface area contributed by atoms with Crippen molar-refractivity contribution in [2.75, 3.05) is 11.9 Å². The lowest BCUT2D eigenvalue weighted by Gasteiger charge is -2.37. The number of nitrogens with one attached hydrogen (secondary N) is 1. The van der Waals surface area contributed by atoms with E-state index in [1.54, 1.807) is 6.33 Å². The molecule has 1 aromatic rings. The normalized spacial score (nSPS) is 31.9. The second-order valence-electron chi connectivity index (χ2n) is 6.70. The molecule has 0 spiro atoms. The molecule has 3 aliphatic rings. The summed E-state index contributed by atoms with van der Waals surface area (Å²) in [6.45, 7) is 0. The fourth-order valence-corrected chi connectivity index (χ4v) is 4.32. The molecule has 2 bridgehead atoms. The van der Waals surface area contributed by atoms with Gasteiger partial charge in [-0.2, -0.15) is 0 Å². The van der Waals surface area contributed by atoms with Crippen LogP contribution in [-0.2, 0) is 12.8 Å². The van der Waals surface area contributed by atoms with Crippen LogP contribution in [0.3, 0.4) is 0 Å². The number of rotatable bonds is 2.